The van der Waals surface area contributed by atoms with Crippen LogP contribution >= 0.6 is 0 Å². The van der Waals surface area contributed by atoms with Crippen molar-refractivity contribution in [3.8, 4) is 0 Å². The van der Waals surface area contributed by atoms with Crippen molar-refractivity contribution in [3.63, 3.8) is 0 Å². The Bertz CT molecular complexity index is 642. The zero-order valence-corrected chi connectivity index (χ0v) is 11.1. The fraction of sp³-hybridized carbons (Fsp3) is 0.214. The molecule has 0 atom stereocenters. The number of amides is 1. The maximum Gasteiger partial charge on any atom is 0.433 e. The van der Waals surface area contributed by atoms with E-state index in [4.69, 9.17) is 0 Å². The topological polar surface area (TPSA) is 54.9 Å². The minimum atomic E-state index is -4.52. The van der Waals surface area contributed by atoms with Crippen LogP contribution in [0.3, 0.4) is 0 Å². The molecule has 1 amide bonds. The highest BCUT2D eigenvalue weighted by Crippen LogP contribution is 2.28. The van der Waals surface area contributed by atoms with Crippen molar-refractivity contribution in [1.82, 2.24) is 15.3 Å². The van der Waals surface area contributed by atoms with Crippen molar-refractivity contribution < 1.29 is 18.0 Å². The van der Waals surface area contributed by atoms with Gasteiger partial charge in [0.25, 0.3) is 5.91 Å². The van der Waals surface area contributed by atoms with Crippen molar-refractivity contribution in [2.75, 3.05) is 0 Å². The van der Waals surface area contributed by atoms with E-state index in [2.05, 4.69) is 15.3 Å². The lowest BCUT2D eigenvalue weighted by Gasteiger charge is -2.10. The molecule has 21 heavy (non-hydrogen) atoms. The summed E-state index contributed by atoms with van der Waals surface area (Å²) in [5, 5.41) is 2.61. The summed E-state index contributed by atoms with van der Waals surface area (Å²) in [7, 11) is 0. The van der Waals surface area contributed by atoms with Crippen LogP contribution in [0.4, 0.5) is 13.2 Å². The number of hydrogen-bond acceptors (Lipinski definition) is 3. The van der Waals surface area contributed by atoms with Gasteiger partial charge in [-0.3, -0.25) is 9.78 Å². The molecule has 0 unspecified atom stereocenters. The molecule has 0 spiro atoms. The standard InChI is InChI=1S/C14H12F3N3O/c1-9-11(4-5-12(20-9)14(15,16)17)13(21)19-8-10-3-2-6-18-7-10/h2-7H,8H2,1H3,(H,19,21). The summed E-state index contributed by atoms with van der Waals surface area (Å²) >= 11 is 0. The van der Waals surface area contributed by atoms with Crippen LogP contribution < -0.4 is 5.32 Å². The Labute approximate surface area is 119 Å². The number of pyridine rings is 2. The molecule has 2 aromatic heterocycles. The second-order valence-electron chi connectivity index (χ2n) is 4.37. The molecule has 0 aliphatic rings. The number of aromatic nitrogens is 2. The van der Waals surface area contributed by atoms with E-state index in [1.807, 2.05) is 0 Å². The van der Waals surface area contributed by atoms with Crippen LogP contribution in [-0.2, 0) is 12.7 Å². The average molecular weight is 295 g/mol. The molecular weight excluding hydrogens is 283 g/mol. The summed E-state index contributed by atoms with van der Waals surface area (Å²) < 4.78 is 37.5. The summed E-state index contributed by atoms with van der Waals surface area (Å²) in [5.41, 5.74) is -0.0624. The maximum absolute atomic E-state index is 12.5. The third-order valence-corrected chi connectivity index (χ3v) is 2.80. The Balaban J connectivity index is 2.09. The van der Waals surface area contributed by atoms with Gasteiger partial charge in [0.05, 0.1) is 11.3 Å². The third kappa shape index (κ3) is 3.77. The van der Waals surface area contributed by atoms with Gasteiger partial charge in [0.2, 0.25) is 0 Å². The molecule has 0 aliphatic carbocycles. The molecular formula is C14H12F3N3O. The maximum atomic E-state index is 12.5. The quantitative estimate of drug-likeness (QED) is 0.947. The van der Waals surface area contributed by atoms with Gasteiger partial charge in [0.15, 0.2) is 0 Å². The van der Waals surface area contributed by atoms with E-state index < -0.39 is 17.8 Å². The summed E-state index contributed by atoms with van der Waals surface area (Å²) in [4.78, 5) is 19.3. The number of carbonyl (C=O) groups is 1. The monoisotopic (exact) mass is 295 g/mol. The second kappa shape index (κ2) is 5.90. The summed E-state index contributed by atoms with van der Waals surface area (Å²) in [6, 6.07) is 5.44. The molecule has 2 aromatic rings. The van der Waals surface area contributed by atoms with Crippen molar-refractivity contribution in [1.29, 1.82) is 0 Å². The predicted molar refractivity (Wildman–Crippen MR) is 69.4 cm³/mol. The first kappa shape index (κ1) is 15.0. The Kier molecular flexibility index (Phi) is 4.21. The van der Waals surface area contributed by atoms with Crippen molar-refractivity contribution in [2.24, 2.45) is 0 Å². The number of nitrogens with one attached hydrogen (secondary N) is 1. The fourth-order valence-corrected chi connectivity index (χ4v) is 1.74. The van der Waals surface area contributed by atoms with Crippen molar-refractivity contribution in [2.45, 2.75) is 19.6 Å². The van der Waals surface area contributed by atoms with Crippen molar-refractivity contribution in [3.05, 3.63) is 59.2 Å². The second-order valence-corrected chi connectivity index (χ2v) is 4.37. The van der Waals surface area contributed by atoms with Crippen LogP contribution in [-0.4, -0.2) is 15.9 Å². The van der Waals surface area contributed by atoms with E-state index in [1.165, 1.54) is 6.92 Å². The lowest BCUT2D eigenvalue weighted by Crippen LogP contribution is -2.24. The molecule has 0 aliphatic heterocycles. The molecule has 0 saturated carbocycles. The van der Waals surface area contributed by atoms with Gasteiger partial charge >= 0.3 is 6.18 Å². The van der Waals surface area contributed by atoms with E-state index in [0.29, 0.717) is 0 Å². The van der Waals surface area contributed by atoms with E-state index in [1.54, 1.807) is 24.5 Å². The first-order valence-corrected chi connectivity index (χ1v) is 6.10. The minimum absolute atomic E-state index is 0.0357. The van der Waals surface area contributed by atoms with Crippen LogP contribution in [0.2, 0.25) is 0 Å². The molecule has 0 saturated heterocycles. The molecule has 0 aromatic carbocycles. The fourth-order valence-electron chi connectivity index (χ4n) is 1.74. The van der Waals surface area contributed by atoms with Crippen LogP contribution in [0, 0.1) is 6.92 Å². The van der Waals surface area contributed by atoms with Gasteiger partial charge in [-0.2, -0.15) is 13.2 Å². The number of aryl methyl sites for hydroxylation is 1. The normalized spacial score (nSPS) is 11.2. The number of hydrogen-bond donors (Lipinski definition) is 1. The zero-order chi connectivity index (χ0) is 15.5. The highest BCUT2D eigenvalue weighted by atomic mass is 19.4. The number of rotatable bonds is 3. The van der Waals surface area contributed by atoms with Crippen LogP contribution in [0.25, 0.3) is 0 Å². The van der Waals surface area contributed by atoms with Gasteiger partial charge in [-0.15, -0.1) is 0 Å². The van der Waals surface area contributed by atoms with Crippen LogP contribution in [0.1, 0.15) is 27.3 Å². The van der Waals surface area contributed by atoms with Gasteiger partial charge in [-0.05, 0) is 30.7 Å². The lowest BCUT2D eigenvalue weighted by atomic mass is 10.1. The van der Waals surface area contributed by atoms with Gasteiger partial charge in [0, 0.05) is 18.9 Å². The van der Waals surface area contributed by atoms with Crippen LogP contribution in [0.5, 0.6) is 0 Å². The molecule has 2 heterocycles. The molecule has 2 rings (SSSR count). The molecule has 1 N–H and O–H groups in total. The number of halogens is 3. The highest BCUT2D eigenvalue weighted by molar-refractivity contribution is 5.95. The zero-order valence-electron chi connectivity index (χ0n) is 11.1. The molecule has 110 valence electrons. The average Bonchev–Trinajstić information content (AvgIpc) is 2.45. The molecule has 7 heteroatoms. The number of carbonyl (C=O) groups excluding carboxylic acids is 1. The van der Waals surface area contributed by atoms with E-state index in [-0.39, 0.29) is 17.8 Å². The minimum Gasteiger partial charge on any atom is -0.348 e. The lowest BCUT2D eigenvalue weighted by molar-refractivity contribution is -0.141. The smallest absolute Gasteiger partial charge is 0.348 e. The molecule has 0 fully saturated rings. The number of alkyl halides is 3. The van der Waals surface area contributed by atoms with E-state index in [9.17, 15) is 18.0 Å². The third-order valence-electron chi connectivity index (χ3n) is 2.80. The SMILES string of the molecule is Cc1nc(C(F)(F)F)ccc1C(=O)NCc1cccnc1. The van der Waals surface area contributed by atoms with Gasteiger partial charge in [-0.25, -0.2) is 4.98 Å². The molecule has 0 radical (unpaired) electrons. The van der Waals surface area contributed by atoms with E-state index in [0.717, 1.165) is 17.7 Å². The van der Waals surface area contributed by atoms with Gasteiger partial charge in [-0.1, -0.05) is 6.07 Å². The Morgan fingerprint density at radius 3 is 2.62 bits per heavy atom. The summed E-state index contributed by atoms with van der Waals surface area (Å²) in [6.07, 6.45) is -1.32. The molecule has 4 nitrogen and oxygen atoms in total. The number of nitrogens with zero attached hydrogens (tertiary/aromatic N) is 2. The first-order valence-electron chi connectivity index (χ1n) is 6.10. The highest BCUT2D eigenvalue weighted by Gasteiger charge is 2.33. The first-order chi connectivity index (χ1) is 9.88. The van der Waals surface area contributed by atoms with E-state index >= 15 is 0 Å². The Morgan fingerprint density at radius 2 is 2.05 bits per heavy atom. The van der Waals surface area contributed by atoms with Crippen LogP contribution in [0.15, 0.2) is 36.7 Å². The van der Waals surface area contributed by atoms with Gasteiger partial charge < -0.3 is 5.32 Å². The summed E-state index contributed by atoms with van der Waals surface area (Å²) in [5.74, 6) is -0.474. The Morgan fingerprint density at radius 1 is 1.29 bits per heavy atom. The Hall–Kier alpha value is -2.44. The largest absolute Gasteiger partial charge is 0.433 e. The predicted octanol–water partition coefficient (Wildman–Crippen LogP) is 2.73. The molecule has 0 bridgehead atoms. The summed E-state index contributed by atoms with van der Waals surface area (Å²) in [6.45, 7) is 1.61. The van der Waals surface area contributed by atoms with Crippen molar-refractivity contribution >= 4 is 5.91 Å². The van der Waals surface area contributed by atoms with Gasteiger partial charge in [0.1, 0.15) is 5.69 Å².